The lowest BCUT2D eigenvalue weighted by Gasteiger charge is -2.26. The molecule has 3 rings (SSSR count). The lowest BCUT2D eigenvalue weighted by Crippen LogP contribution is -2.58. The number of nitrogens with two attached hydrogens (primary N) is 1. The quantitative estimate of drug-likeness (QED) is 0.129. The summed E-state index contributed by atoms with van der Waals surface area (Å²) in [6.07, 6.45) is 4.42. The van der Waals surface area contributed by atoms with E-state index in [0.717, 1.165) is 22.0 Å². The van der Waals surface area contributed by atoms with Crippen LogP contribution in [-0.2, 0) is 32.0 Å². The third-order valence-corrected chi connectivity index (χ3v) is 7.67. The highest BCUT2D eigenvalue weighted by Crippen LogP contribution is 2.20. The second-order valence-electron chi connectivity index (χ2n) is 11.0. The van der Waals surface area contributed by atoms with E-state index in [9.17, 15) is 29.4 Å². The van der Waals surface area contributed by atoms with Crippen LogP contribution in [-0.4, -0.2) is 75.1 Å². The Bertz CT molecular complexity index is 1390. The molecule has 0 fully saturated rings. The van der Waals surface area contributed by atoms with Gasteiger partial charge in [-0.05, 0) is 66.5 Å². The number of carbonyl (C=O) groups excluding carboxylic acids is 3. The number of carboxylic acids is 1. The van der Waals surface area contributed by atoms with Gasteiger partial charge >= 0.3 is 5.97 Å². The van der Waals surface area contributed by atoms with Crippen LogP contribution in [0, 0.1) is 5.92 Å². The number of carboxylic acid groups (broad SMARTS) is 1. The standard InChI is InChI=1S/C31H41N5O6S/c1-18(2)14-26(29(39)34-25(31(41)42)12-13-43-3)36-30(40)27(16-20-17-33-24-7-5-4-6-22(20)24)35-28(38)23(32)15-19-8-10-21(37)11-9-19/h4-11,17-18,23,25-27,33,37H,12-16,32H2,1-3H3,(H,34,39)(H,35,38)(H,36,40)(H,41,42). The summed E-state index contributed by atoms with van der Waals surface area (Å²) >= 11 is 1.47. The second kappa shape index (κ2) is 16.0. The van der Waals surface area contributed by atoms with Crippen LogP contribution >= 0.6 is 11.8 Å². The first-order valence-electron chi connectivity index (χ1n) is 14.2. The maximum absolute atomic E-state index is 13.7. The number of aliphatic carboxylic acids is 1. The summed E-state index contributed by atoms with van der Waals surface area (Å²) in [5.41, 5.74) is 8.60. The van der Waals surface area contributed by atoms with Gasteiger partial charge in [-0.3, -0.25) is 14.4 Å². The first-order valence-corrected chi connectivity index (χ1v) is 15.6. The smallest absolute Gasteiger partial charge is 0.326 e. The fourth-order valence-corrected chi connectivity index (χ4v) is 5.20. The van der Waals surface area contributed by atoms with Crippen LogP contribution in [0.4, 0.5) is 0 Å². The van der Waals surface area contributed by atoms with Gasteiger partial charge in [0.2, 0.25) is 17.7 Å². The number of aromatic amines is 1. The fourth-order valence-electron chi connectivity index (χ4n) is 4.73. The average Bonchev–Trinajstić information content (AvgIpc) is 3.37. The fraction of sp³-hybridized carbons (Fsp3) is 0.419. The summed E-state index contributed by atoms with van der Waals surface area (Å²) in [5.74, 6) is -2.25. The highest BCUT2D eigenvalue weighted by molar-refractivity contribution is 7.98. The van der Waals surface area contributed by atoms with E-state index in [1.165, 1.54) is 23.9 Å². The molecule has 43 heavy (non-hydrogen) atoms. The Kier molecular flexibility index (Phi) is 12.4. The number of benzene rings is 2. The van der Waals surface area contributed by atoms with Crippen LogP contribution in [0.5, 0.6) is 5.75 Å². The molecule has 232 valence electrons. The molecular weight excluding hydrogens is 570 g/mol. The van der Waals surface area contributed by atoms with Crippen LogP contribution in [0.3, 0.4) is 0 Å². The van der Waals surface area contributed by atoms with Crippen molar-refractivity contribution in [3.05, 3.63) is 65.9 Å². The predicted molar refractivity (Wildman–Crippen MR) is 168 cm³/mol. The van der Waals surface area contributed by atoms with Crippen molar-refractivity contribution in [2.45, 2.75) is 63.7 Å². The molecule has 0 bridgehead atoms. The molecule has 3 amide bonds. The molecule has 0 aliphatic rings. The summed E-state index contributed by atoms with van der Waals surface area (Å²) in [5, 5.41) is 28.1. The number of para-hydroxylation sites is 1. The molecule has 4 atom stereocenters. The average molecular weight is 612 g/mol. The Hall–Kier alpha value is -4.03. The third-order valence-electron chi connectivity index (χ3n) is 7.03. The number of phenols is 1. The summed E-state index contributed by atoms with van der Waals surface area (Å²) < 4.78 is 0. The zero-order chi connectivity index (χ0) is 31.5. The Morgan fingerprint density at radius 1 is 0.884 bits per heavy atom. The lowest BCUT2D eigenvalue weighted by atomic mass is 10.00. The molecule has 3 aromatic rings. The van der Waals surface area contributed by atoms with E-state index in [1.807, 2.05) is 44.4 Å². The van der Waals surface area contributed by atoms with Crippen molar-refractivity contribution in [2.75, 3.05) is 12.0 Å². The van der Waals surface area contributed by atoms with Crippen molar-refractivity contribution in [3.63, 3.8) is 0 Å². The van der Waals surface area contributed by atoms with E-state index in [4.69, 9.17) is 5.73 Å². The SMILES string of the molecule is CSCCC(NC(=O)C(CC(C)C)NC(=O)C(Cc1c[nH]c2ccccc12)NC(=O)C(N)Cc1ccc(O)cc1)C(=O)O. The Labute approximate surface area is 255 Å². The highest BCUT2D eigenvalue weighted by atomic mass is 32.2. The molecule has 1 heterocycles. The number of amides is 3. The van der Waals surface area contributed by atoms with Crippen molar-refractivity contribution in [1.82, 2.24) is 20.9 Å². The maximum Gasteiger partial charge on any atom is 0.326 e. The monoisotopic (exact) mass is 611 g/mol. The van der Waals surface area contributed by atoms with Gasteiger partial charge in [0.25, 0.3) is 0 Å². The summed E-state index contributed by atoms with van der Waals surface area (Å²) in [6.45, 7) is 3.78. The van der Waals surface area contributed by atoms with Gasteiger partial charge in [-0.1, -0.05) is 44.2 Å². The van der Waals surface area contributed by atoms with Crippen molar-refractivity contribution >= 4 is 46.4 Å². The van der Waals surface area contributed by atoms with E-state index < -0.39 is 47.9 Å². The van der Waals surface area contributed by atoms with Crippen molar-refractivity contribution < 1.29 is 29.4 Å². The van der Waals surface area contributed by atoms with E-state index in [1.54, 1.807) is 18.3 Å². The highest BCUT2D eigenvalue weighted by Gasteiger charge is 2.31. The number of hydrogen-bond acceptors (Lipinski definition) is 7. The minimum atomic E-state index is -1.15. The van der Waals surface area contributed by atoms with Gasteiger partial charge < -0.3 is 36.9 Å². The second-order valence-corrected chi connectivity index (χ2v) is 12.0. The number of rotatable bonds is 16. The lowest BCUT2D eigenvalue weighted by molar-refractivity contribution is -0.142. The van der Waals surface area contributed by atoms with Crippen molar-refractivity contribution in [2.24, 2.45) is 11.7 Å². The Balaban J connectivity index is 1.82. The zero-order valence-electron chi connectivity index (χ0n) is 24.6. The number of phenolic OH excluding ortho intramolecular Hbond substituents is 1. The molecule has 0 aliphatic carbocycles. The molecule has 2 aromatic carbocycles. The third kappa shape index (κ3) is 10.0. The van der Waals surface area contributed by atoms with E-state index >= 15 is 0 Å². The number of hydrogen-bond donors (Lipinski definition) is 7. The normalized spacial score (nSPS) is 14.1. The van der Waals surface area contributed by atoms with Crippen LogP contribution in [0.1, 0.15) is 37.8 Å². The Morgan fingerprint density at radius 3 is 2.16 bits per heavy atom. The molecule has 0 saturated carbocycles. The summed E-state index contributed by atoms with van der Waals surface area (Å²) in [4.78, 5) is 55.1. The number of carbonyl (C=O) groups is 4. The minimum absolute atomic E-state index is 0.00548. The number of nitrogens with one attached hydrogen (secondary N) is 4. The number of aromatic nitrogens is 1. The van der Waals surface area contributed by atoms with Gasteiger partial charge in [0.05, 0.1) is 6.04 Å². The molecule has 12 heteroatoms. The number of thioether (sulfide) groups is 1. The molecule has 0 spiro atoms. The predicted octanol–water partition coefficient (Wildman–Crippen LogP) is 2.32. The van der Waals surface area contributed by atoms with E-state index in [-0.39, 0.29) is 37.4 Å². The minimum Gasteiger partial charge on any atom is -0.508 e. The molecular formula is C31H41N5O6S. The molecule has 1 aromatic heterocycles. The first kappa shape index (κ1) is 33.5. The van der Waals surface area contributed by atoms with Crippen molar-refractivity contribution in [3.8, 4) is 5.75 Å². The molecule has 11 nitrogen and oxygen atoms in total. The van der Waals surface area contributed by atoms with Crippen molar-refractivity contribution in [1.29, 1.82) is 0 Å². The topological polar surface area (TPSA) is 187 Å². The van der Waals surface area contributed by atoms with Gasteiger partial charge in [0, 0.05) is 23.5 Å². The van der Waals surface area contributed by atoms with Crippen LogP contribution in [0.15, 0.2) is 54.7 Å². The summed E-state index contributed by atoms with van der Waals surface area (Å²) in [7, 11) is 0. The molecule has 8 N–H and O–H groups in total. The first-order chi connectivity index (χ1) is 20.5. The van der Waals surface area contributed by atoms with E-state index in [2.05, 4.69) is 20.9 Å². The van der Waals surface area contributed by atoms with Crippen LogP contribution in [0.2, 0.25) is 0 Å². The molecule has 0 radical (unpaired) electrons. The number of fused-ring (bicyclic) bond motifs is 1. The summed E-state index contributed by atoms with van der Waals surface area (Å²) in [6, 6.07) is 9.74. The van der Waals surface area contributed by atoms with Gasteiger partial charge in [0.1, 0.15) is 23.9 Å². The van der Waals surface area contributed by atoms with Gasteiger partial charge in [0.15, 0.2) is 0 Å². The van der Waals surface area contributed by atoms with Gasteiger partial charge in [-0.25, -0.2) is 4.79 Å². The zero-order valence-corrected chi connectivity index (χ0v) is 25.4. The van der Waals surface area contributed by atoms with Gasteiger partial charge in [-0.15, -0.1) is 0 Å². The molecule has 0 saturated heterocycles. The number of H-pyrrole nitrogens is 1. The van der Waals surface area contributed by atoms with E-state index in [0.29, 0.717) is 5.75 Å². The number of aromatic hydroxyl groups is 1. The van der Waals surface area contributed by atoms with Crippen LogP contribution < -0.4 is 21.7 Å². The molecule has 4 unspecified atom stereocenters. The van der Waals surface area contributed by atoms with Crippen LogP contribution in [0.25, 0.3) is 10.9 Å². The van der Waals surface area contributed by atoms with Gasteiger partial charge in [-0.2, -0.15) is 11.8 Å². The Morgan fingerprint density at radius 2 is 1.51 bits per heavy atom. The maximum atomic E-state index is 13.7. The largest absolute Gasteiger partial charge is 0.508 e. The molecule has 0 aliphatic heterocycles.